The van der Waals surface area contributed by atoms with Gasteiger partial charge < -0.3 is 14.6 Å². The highest BCUT2D eigenvalue weighted by Gasteiger charge is 2.46. The average Bonchev–Trinajstić information content (AvgIpc) is 3.04. The molecule has 0 amide bonds. The highest BCUT2D eigenvalue weighted by Crippen LogP contribution is 2.49. The molecule has 2 aliphatic rings. The maximum absolute atomic E-state index is 12.1. The summed E-state index contributed by atoms with van der Waals surface area (Å²) in [6.07, 6.45) is 7.46. The van der Waals surface area contributed by atoms with Crippen molar-refractivity contribution in [3.05, 3.63) is 22.8 Å². The molecule has 0 atom stereocenters. The number of hydrogen-bond acceptors (Lipinski definition) is 3. The fourth-order valence-corrected chi connectivity index (χ4v) is 4.22. The summed E-state index contributed by atoms with van der Waals surface area (Å²) in [5.74, 6) is 0.888. The van der Waals surface area contributed by atoms with Gasteiger partial charge in [0.2, 0.25) is 0 Å². The number of methoxy groups -OCH3 is 2. The van der Waals surface area contributed by atoms with Crippen molar-refractivity contribution in [1.82, 2.24) is 0 Å². The maximum atomic E-state index is 12.1. The first kappa shape index (κ1) is 15.2. The second kappa shape index (κ2) is 5.82. The van der Waals surface area contributed by atoms with E-state index >= 15 is 0 Å². The van der Waals surface area contributed by atoms with E-state index in [0.29, 0.717) is 12.8 Å². The smallest absolute Gasteiger partial charge is 0.314 e. The summed E-state index contributed by atoms with van der Waals surface area (Å²) in [5.41, 5.74) is 2.37. The standard InChI is InChI=1S/C18H24O4/c1-21-15-11-14(18(17(19)20)9-5-6-10-18)16(22-2)13-8-4-3-7-12(13)15/h11H,3-10H2,1-2H3,(H,19,20). The summed E-state index contributed by atoms with van der Waals surface area (Å²) in [6.45, 7) is 0. The second-order valence-electron chi connectivity index (χ2n) is 6.42. The third kappa shape index (κ3) is 2.16. The van der Waals surface area contributed by atoms with Crippen LogP contribution in [0, 0.1) is 0 Å². The number of ether oxygens (including phenoxy) is 2. The Bertz CT molecular complexity index is 585. The van der Waals surface area contributed by atoms with E-state index in [1.54, 1.807) is 14.2 Å². The summed E-state index contributed by atoms with van der Waals surface area (Å²) in [5, 5.41) is 9.91. The second-order valence-corrected chi connectivity index (χ2v) is 6.42. The number of fused-ring (bicyclic) bond motifs is 1. The predicted octanol–water partition coefficient (Wildman–Crippen LogP) is 3.48. The van der Waals surface area contributed by atoms with E-state index in [1.807, 2.05) is 6.07 Å². The normalized spacial score (nSPS) is 19.5. The van der Waals surface area contributed by atoms with E-state index in [1.165, 1.54) is 5.56 Å². The van der Waals surface area contributed by atoms with Gasteiger partial charge in [0.1, 0.15) is 11.5 Å². The molecule has 120 valence electrons. The molecule has 0 unspecified atom stereocenters. The van der Waals surface area contributed by atoms with Crippen LogP contribution in [0.5, 0.6) is 11.5 Å². The minimum atomic E-state index is -0.814. The van der Waals surface area contributed by atoms with Crippen LogP contribution in [0.15, 0.2) is 6.07 Å². The average molecular weight is 304 g/mol. The number of carboxylic acid groups (broad SMARTS) is 1. The van der Waals surface area contributed by atoms with E-state index in [2.05, 4.69) is 0 Å². The molecule has 0 saturated heterocycles. The van der Waals surface area contributed by atoms with Gasteiger partial charge in [-0.1, -0.05) is 12.8 Å². The molecule has 1 N–H and O–H groups in total. The van der Waals surface area contributed by atoms with Gasteiger partial charge in [0, 0.05) is 16.7 Å². The Morgan fingerprint density at radius 3 is 2.23 bits per heavy atom. The van der Waals surface area contributed by atoms with Crippen LogP contribution in [0.1, 0.15) is 55.2 Å². The van der Waals surface area contributed by atoms with Gasteiger partial charge in [0.25, 0.3) is 0 Å². The molecule has 22 heavy (non-hydrogen) atoms. The lowest BCUT2D eigenvalue weighted by molar-refractivity contribution is -0.143. The fourth-order valence-electron chi connectivity index (χ4n) is 4.22. The zero-order valence-corrected chi connectivity index (χ0v) is 13.4. The molecule has 0 aromatic heterocycles. The number of benzene rings is 1. The number of carbonyl (C=O) groups is 1. The Kier molecular flexibility index (Phi) is 4.02. The molecule has 0 heterocycles. The first-order chi connectivity index (χ1) is 10.6. The molecule has 1 aromatic rings. The maximum Gasteiger partial charge on any atom is 0.314 e. The van der Waals surface area contributed by atoms with Crippen molar-refractivity contribution in [3.63, 3.8) is 0 Å². The van der Waals surface area contributed by atoms with Gasteiger partial charge in [-0.3, -0.25) is 4.79 Å². The van der Waals surface area contributed by atoms with E-state index in [0.717, 1.165) is 61.2 Å². The van der Waals surface area contributed by atoms with Gasteiger partial charge in [0.05, 0.1) is 19.6 Å². The van der Waals surface area contributed by atoms with Crippen LogP contribution in [0.2, 0.25) is 0 Å². The third-order valence-electron chi connectivity index (χ3n) is 5.37. The van der Waals surface area contributed by atoms with Crippen molar-refractivity contribution in [2.24, 2.45) is 0 Å². The van der Waals surface area contributed by atoms with Gasteiger partial charge >= 0.3 is 5.97 Å². The van der Waals surface area contributed by atoms with Crippen LogP contribution in [0.4, 0.5) is 0 Å². The molecule has 0 bridgehead atoms. The summed E-state index contributed by atoms with van der Waals surface area (Å²) < 4.78 is 11.3. The summed E-state index contributed by atoms with van der Waals surface area (Å²) >= 11 is 0. The van der Waals surface area contributed by atoms with Crippen LogP contribution in [-0.4, -0.2) is 25.3 Å². The van der Waals surface area contributed by atoms with Gasteiger partial charge in [-0.2, -0.15) is 0 Å². The van der Waals surface area contributed by atoms with Gasteiger partial charge in [-0.05, 0) is 44.6 Å². The van der Waals surface area contributed by atoms with Crippen LogP contribution >= 0.6 is 0 Å². The van der Waals surface area contributed by atoms with Gasteiger partial charge in [0.15, 0.2) is 0 Å². The number of aliphatic carboxylic acids is 1. The van der Waals surface area contributed by atoms with Crippen LogP contribution in [0.25, 0.3) is 0 Å². The molecule has 0 aliphatic heterocycles. The Labute approximate surface area is 131 Å². The number of carboxylic acids is 1. The third-order valence-corrected chi connectivity index (χ3v) is 5.37. The zero-order chi connectivity index (χ0) is 15.7. The first-order valence-corrected chi connectivity index (χ1v) is 8.14. The number of rotatable bonds is 4. The van der Waals surface area contributed by atoms with E-state index in [9.17, 15) is 9.90 Å². The quantitative estimate of drug-likeness (QED) is 0.925. The lowest BCUT2D eigenvalue weighted by Gasteiger charge is -2.31. The largest absolute Gasteiger partial charge is 0.496 e. The lowest BCUT2D eigenvalue weighted by Crippen LogP contribution is -2.33. The molecule has 1 saturated carbocycles. The summed E-state index contributed by atoms with van der Waals surface area (Å²) in [4.78, 5) is 12.1. The lowest BCUT2D eigenvalue weighted by atomic mass is 9.75. The van der Waals surface area contributed by atoms with Crippen LogP contribution < -0.4 is 9.47 Å². The molecule has 0 spiro atoms. The summed E-state index contributed by atoms with van der Waals surface area (Å²) in [6, 6.07) is 1.93. The predicted molar refractivity (Wildman–Crippen MR) is 84.0 cm³/mol. The fraction of sp³-hybridized carbons (Fsp3) is 0.611. The number of hydrogen-bond donors (Lipinski definition) is 1. The molecular weight excluding hydrogens is 280 g/mol. The molecular formula is C18H24O4. The molecule has 4 heteroatoms. The van der Waals surface area contributed by atoms with Crippen molar-refractivity contribution < 1.29 is 19.4 Å². The summed E-state index contributed by atoms with van der Waals surface area (Å²) in [7, 11) is 3.33. The molecule has 3 rings (SSSR count). The highest BCUT2D eigenvalue weighted by molar-refractivity contribution is 5.84. The van der Waals surface area contributed by atoms with Crippen molar-refractivity contribution >= 4 is 5.97 Å². The van der Waals surface area contributed by atoms with Gasteiger partial charge in [-0.15, -0.1) is 0 Å². The van der Waals surface area contributed by atoms with Gasteiger partial charge in [-0.25, -0.2) is 0 Å². The Morgan fingerprint density at radius 2 is 1.68 bits per heavy atom. The van der Waals surface area contributed by atoms with Crippen molar-refractivity contribution in [1.29, 1.82) is 0 Å². The van der Waals surface area contributed by atoms with E-state index in [4.69, 9.17) is 9.47 Å². The minimum absolute atomic E-state index is 0.681. The monoisotopic (exact) mass is 304 g/mol. The van der Waals surface area contributed by atoms with Crippen molar-refractivity contribution in [2.75, 3.05) is 14.2 Å². The SMILES string of the molecule is COc1cc(C2(C(=O)O)CCCC2)c(OC)c2c1CCCC2. The highest BCUT2D eigenvalue weighted by atomic mass is 16.5. The Morgan fingerprint density at radius 1 is 1.05 bits per heavy atom. The van der Waals surface area contributed by atoms with Crippen molar-refractivity contribution in [3.8, 4) is 11.5 Å². The molecule has 1 fully saturated rings. The zero-order valence-electron chi connectivity index (χ0n) is 13.4. The molecule has 0 radical (unpaired) electrons. The van der Waals surface area contributed by atoms with E-state index < -0.39 is 11.4 Å². The van der Waals surface area contributed by atoms with E-state index in [-0.39, 0.29) is 0 Å². The van der Waals surface area contributed by atoms with Crippen LogP contribution in [0.3, 0.4) is 0 Å². The van der Waals surface area contributed by atoms with Crippen LogP contribution in [-0.2, 0) is 23.1 Å². The molecule has 4 nitrogen and oxygen atoms in total. The Balaban J connectivity index is 2.24. The van der Waals surface area contributed by atoms with Crippen molar-refractivity contribution in [2.45, 2.75) is 56.8 Å². The topological polar surface area (TPSA) is 55.8 Å². The Hall–Kier alpha value is -1.71. The first-order valence-electron chi connectivity index (χ1n) is 8.14. The molecule has 1 aromatic carbocycles. The minimum Gasteiger partial charge on any atom is -0.496 e. The molecule has 2 aliphatic carbocycles.